The summed E-state index contributed by atoms with van der Waals surface area (Å²) in [5.41, 5.74) is 0.742. The highest BCUT2D eigenvalue weighted by Gasteiger charge is 2.18. The number of benzene rings is 2. The van der Waals surface area contributed by atoms with Gasteiger partial charge in [0.2, 0.25) is 0 Å². The molecule has 0 aromatic heterocycles. The fraction of sp³-hybridized carbons (Fsp3) is 0.267. The van der Waals surface area contributed by atoms with Crippen molar-refractivity contribution in [1.82, 2.24) is 5.32 Å². The molecule has 0 spiro atoms. The summed E-state index contributed by atoms with van der Waals surface area (Å²) < 4.78 is 1.06. The summed E-state index contributed by atoms with van der Waals surface area (Å²) in [6.45, 7) is 0. The van der Waals surface area contributed by atoms with Gasteiger partial charge in [-0.25, -0.2) is 0 Å². The Balaban J connectivity index is 1.83. The van der Waals surface area contributed by atoms with Crippen LogP contribution in [0, 0.1) is 0 Å². The lowest BCUT2D eigenvalue weighted by Crippen LogP contribution is -2.34. The van der Waals surface area contributed by atoms with Crippen LogP contribution in [0.25, 0.3) is 10.8 Å². The number of carbonyl (C=O) groups is 1. The normalized spacial score (nSPS) is 18.7. The van der Waals surface area contributed by atoms with Gasteiger partial charge in [-0.3, -0.25) is 4.79 Å². The van der Waals surface area contributed by atoms with Crippen molar-refractivity contribution in [3.05, 3.63) is 46.4 Å². The zero-order valence-electron chi connectivity index (χ0n) is 10.4. The van der Waals surface area contributed by atoms with E-state index >= 15 is 0 Å². The minimum atomic E-state index is 0.0392. The maximum atomic E-state index is 12.2. The van der Waals surface area contributed by atoms with Gasteiger partial charge in [0.25, 0.3) is 5.91 Å². The lowest BCUT2D eigenvalue weighted by Gasteiger charge is -2.11. The van der Waals surface area contributed by atoms with Crippen LogP contribution in [0.5, 0.6) is 0 Å². The first kappa shape index (κ1) is 13.0. The summed E-state index contributed by atoms with van der Waals surface area (Å²) >= 11 is 5.36. The van der Waals surface area contributed by atoms with Crippen LogP contribution in [0.15, 0.2) is 40.9 Å². The number of nitrogens with one attached hydrogen (secondary N) is 1. The Morgan fingerprint density at radius 3 is 2.79 bits per heavy atom. The summed E-state index contributed by atoms with van der Waals surface area (Å²) in [5.74, 6) is 2.22. The van der Waals surface area contributed by atoms with Gasteiger partial charge in [0.15, 0.2) is 0 Å². The minimum absolute atomic E-state index is 0.0392. The zero-order valence-corrected chi connectivity index (χ0v) is 12.8. The Bertz CT molecular complexity index is 623. The molecule has 0 saturated carbocycles. The summed E-state index contributed by atoms with van der Waals surface area (Å²) in [4.78, 5) is 12.2. The molecular weight excluding hydrogens is 322 g/mol. The van der Waals surface area contributed by atoms with Crippen LogP contribution in [-0.2, 0) is 0 Å². The van der Waals surface area contributed by atoms with Crippen LogP contribution in [0.1, 0.15) is 16.8 Å². The van der Waals surface area contributed by atoms with Crippen molar-refractivity contribution >= 4 is 44.4 Å². The number of hydrogen-bond donors (Lipinski definition) is 1. The van der Waals surface area contributed by atoms with Gasteiger partial charge in [0.05, 0.1) is 0 Å². The molecule has 0 radical (unpaired) electrons. The maximum absolute atomic E-state index is 12.2. The number of amides is 1. The molecule has 1 saturated heterocycles. The molecule has 1 N–H and O–H groups in total. The van der Waals surface area contributed by atoms with Crippen molar-refractivity contribution in [3.63, 3.8) is 0 Å². The standard InChI is InChI=1S/C15H14BrNOS/c16-13-4-3-10-7-12(2-1-11(10)8-13)15(18)17-14-5-6-19-9-14/h1-4,7-8,14H,5-6,9H2,(H,17,18). The summed E-state index contributed by atoms with van der Waals surface area (Å²) in [5, 5.41) is 5.34. The van der Waals surface area contributed by atoms with Crippen molar-refractivity contribution in [2.24, 2.45) is 0 Å². The SMILES string of the molecule is O=C(NC1CCSC1)c1ccc2cc(Br)ccc2c1. The number of hydrogen-bond acceptors (Lipinski definition) is 2. The van der Waals surface area contributed by atoms with Gasteiger partial charge in [0.1, 0.15) is 0 Å². The molecule has 2 aromatic rings. The second kappa shape index (κ2) is 5.55. The van der Waals surface area contributed by atoms with Crippen molar-refractivity contribution < 1.29 is 4.79 Å². The molecule has 1 aliphatic rings. The largest absolute Gasteiger partial charge is 0.348 e. The average Bonchev–Trinajstić information content (AvgIpc) is 2.91. The van der Waals surface area contributed by atoms with Crippen LogP contribution < -0.4 is 5.32 Å². The van der Waals surface area contributed by atoms with Crippen molar-refractivity contribution in [3.8, 4) is 0 Å². The monoisotopic (exact) mass is 335 g/mol. The van der Waals surface area contributed by atoms with Gasteiger partial charge < -0.3 is 5.32 Å². The highest BCUT2D eigenvalue weighted by Crippen LogP contribution is 2.22. The van der Waals surface area contributed by atoms with Gasteiger partial charge in [-0.1, -0.05) is 28.1 Å². The molecule has 1 atom stereocenters. The van der Waals surface area contributed by atoms with E-state index in [2.05, 4.69) is 27.3 Å². The quantitative estimate of drug-likeness (QED) is 0.903. The molecule has 1 amide bonds. The van der Waals surface area contributed by atoms with E-state index in [1.54, 1.807) is 0 Å². The Hall–Kier alpha value is -1.00. The first-order chi connectivity index (χ1) is 9.22. The lowest BCUT2D eigenvalue weighted by atomic mass is 10.1. The number of fused-ring (bicyclic) bond motifs is 1. The molecule has 4 heteroatoms. The average molecular weight is 336 g/mol. The molecule has 3 rings (SSSR count). The van der Waals surface area contributed by atoms with E-state index in [1.165, 1.54) is 0 Å². The first-order valence-electron chi connectivity index (χ1n) is 6.30. The molecule has 0 aliphatic carbocycles. The van der Waals surface area contributed by atoms with Crippen LogP contribution in [-0.4, -0.2) is 23.5 Å². The second-order valence-electron chi connectivity index (χ2n) is 4.74. The van der Waals surface area contributed by atoms with Gasteiger partial charge in [-0.05, 0) is 47.2 Å². The Morgan fingerprint density at radius 2 is 2.00 bits per heavy atom. The minimum Gasteiger partial charge on any atom is -0.348 e. The summed E-state index contributed by atoms with van der Waals surface area (Å²) in [6, 6.07) is 12.3. The van der Waals surface area contributed by atoms with E-state index in [1.807, 2.05) is 42.1 Å². The number of halogens is 1. The number of thioether (sulfide) groups is 1. The predicted molar refractivity (Wildman–Crippen MR) is 84.8 cm³/mol. The molecule has 1 heterocycles. The van der Waals surface area contributed by atoms with E-state index in [0.29, 0.717) is 6.04 Å². The second-order valence-corrected chi connectivity index (χ2v) is 6.81. The third-order valence-electron chi connectivity index (χ3n) is 3.33. The van der Waals surface area contributed by atoms with E-state index in [9.17, 15) is 4.79 Å². The van der Waals surface area contributed by atoms with Gasteiger partial charge in [-0.2, -0.15) is 11.8 Å². The van der Waals surface area contributed by atoms with Crippen LogP contribution in [0.4, 0.5) is 0 Å². The number of rotatable bonds is 2. The maximum Gasteiger partial charge on any atom is 0.251 e. The summed E-state index contributed by atoms with van der Waals surface area (Å²) in [6.07, 6.45) is 1.08. The van der Waals surface area contributed by atoms with E-state index in [0.717, 1.165) is 38.7 Å². The molecule has 1 aliphatic heterocycles. The molecule has 1 unspecified atom stereocenters. The van der Waals surface area contributed by atoms with E-state index in [4.69, 9.17) is 0 Å². The Labute approximate surface area is 125 Å². The summed E-state index contributed by atoms with van der Waals surface area (Å²) in [7, 11) is 0. The fourth-order valence-electron chi connectivity index (χ4n) is 2.27. The lowest BCUT2D eigenvalue weighted by molar-refractivity contribution is 0.0941. The first-order valence-corrected chi connectivity index (χ1v) is 8.25. The fourth-order valence-corrected chi connectivity index (χ4v) is 3.81. The predicted octanol–water partition coefficient (Wildman–Crippen LogP) is 3.84. The van der Waals surface area contributed by atoms with Crippen molar-refractivity contribution in [2.45, 2.75) is 12.5 Å². The Morgan fingerprint density at radius 1 is 1.21 bits per heavy atom. The van der Waals surface area contributed by atoms with Crippen molar-refractivity contribution in [1.29, 1.82) is 0 Å². The Kier molecular flexibility index (Phi) is 3.80. The molecule has 2 nitrogen and oxygen atoms in total. The molecule has 1 fully saturated rings. The smallest absolute Gasteiger partial charge is 0.251 e. The number of carbonyl (C=O) groups excluding carboxylic acids is 1. The molecule has 2 aromatic carbocycles. The van der Waals surface area contributed by atoms with Gasteiger partial charge in [0, 0.05) is 21.8 Å². The molecule has 0 bridgehead atoms. The van der Waals surface area contributed by atoms with E-state index < -0.39 is 0 Å². The molecular formula is C15H14BrNOS. The van der Waals surface area contributed by atoms with Crippen LogP contribution in [0.2, 0.25) is 0 Å². The highest BCUT2D eigenvalue weighted by atomic mass is 79.9. The topological polar surface area (TPSA) is 29.1 Å². The van der Waals surface area contributed by atoms with Crippen LogP contribution in [0.3, 0.4) is 0 Å². The third kappa shape index (κ3) is 2.95. The molecule has 19 heavy (non-hydrogen) atoms. The van der Waals surface area contributed by atoms with Gasteiger partial charge >= 0.3 is 0 Å². The van der Waals surface area contributed by atoms with Gasteiger partial charge in [-0.15, -0.1) is 0 Å². The van der Waals surface area contributed by atoms with Crippen molar-refractivity contribution in [2.75, 3.05) is 11.5 Å². The molecule has 98 valence electrons. The highest BCUT2D eigenvalue weighted by molar-refractivity contribution is 9.10. The van der Waals surface area contributed by atoms with E-state index in [-0.39, 0.29) is 5.91 Å². The third-order valence-corrected chi connectivity index (χ3v) is 4.99. The van der Waals surface area contributed by atoms with Crippen LogP contribution >= 0.6 is 27.7 Å². The zero-order chi connectivity index (χ0) is 13.2.